The van der Waals surface area contributed by atoms with Crippen LogP contribution in [0.2, 0.25) is 0 Å². The number of carbonyl (C=O) groups excluding carboxylic acids is 1. The number of nitrogens with one attached hydrogen (secondary N) is 1. The Kier molecular flexibility index (Phi) is 5.23. The van der Waals surface area contributed by atoms with Gasteiger partial charge in [-0.1, -0.05) is 0 Å². The van der Waals surface area contributed by atoms with Crippen LogP contribution in [0.1, 0.15) is 12.6 Å². The molecule has 2 aromatic rings. The molecule has 0 spiro atoms. The van der Waals surface area contributed by atoms with Gasteiger partial charge in [0.25, 0.3) is 10.0 Å². The van der Waals surface area contributed by atoms with Crippen LogP contribution in [0.4, 0.5) is 24.5 Å². The number of hydrogen-bond donors (Lipinski definition) is 1. The van der Waals surface area contributed by atoms with Crippen molar-refractivity contribution in [1.29, 1.82) is 0 Å². The fraction of sp³-hybridized carbons (Fsp3) is 0.143. The summed E-state index contributed by atoms with van der Waals surface area (Å²) in [5.74, 6) is -0.342. The van der Waals surface area contributed by atoms with Gasteiger partial charge in [-0.25, -0.2) is 0 Å². The minimum Gasteiger partial charge on any atom is -0.326 e. The van der Waals surface area contributed by atoms with Crippen molar-refractivity contribution in [2.24, 2.45) is 0 Å². The van der Waals surface area contributed by atoms with Gasteiger partial charge in [-0.2, -0.15) is 25.4 Å². The lowest BCUT2D eigenvalue weighted by molar-refractivity contribution is -0.141. The van der Waals surface area contributed by atoms with Gasteiger partial charge in [0, 0.05) is 30.6 Å². The van der Waals surface area contributed by atoms with E-state index in [1.165, 1.54) is 31.2 Å². The van der Waals surface area contributed by atoms with E-state index in [0.717, 1.165) is 12.3 Å². The van der Waals surface area contributed by atoms with E-state index in [1.54, 1.807) is 0 Å². The molecule has 0 aliphatic heterocycles. The number of alkyl halides is 3. The molecule has 0 saturated heterocycles. The first kappa shape index (κ1) is 19.0. The van der Waals surface area contributed by atoms with E-state index in [1.807, 2.05) is 0 Å². The number of benzene rings is 1. The molecule has 1 amide bonds. The molecule has 0 aliphatic rings. The van der Waals surface area contributed by atoms with Crippen molar-refractivity contribution in [3.05, 3.63) is 48.3 Å². The summed E-state index contributed by atoms with van der Waals surface area (Å²) >= 11 is 5.76. The fourth-order valence-corrected chi connectivity index (χ4v) is 3.23. The Hall–Kier alpha value is -2.33. The van der Waals surface area contributed by atoms with Crippen LogP contribution in [0, 0.1) is 0 Å². The highest BCUT2D eigenvalue weighted by molar-refractivity contribution is 7.94. The van der Waals surface area contributed by atoms with Gasteiger partial charge in [-0.15, -0.1) is 0 Å². The molecule has 0 fully saturated rings. The summed E-state index contributed by atoms with van der Waals surface area (Å²) in [6.45, 7) is 1.28. The fourth-order valence-electron chi connectivity index (χ4n) is 1.83. The number of halogens is 4. The topological polar surface area (TPSA) is 79.4 Å². The molecule has 0 saturated carbocycles. The quantitative estimate of drug-likeness (QED) is 0.807. The first-order valence-electron chi connectivity index (χ1n) is 6.64. The lowest BCUT2D eigenvalue weighted by atomic mass is 10.3. The van der Waals surface area contributed by atoms with Crippen molar-refractivity contribution in [2.75, 3.05) is 9.14 Å². The molecule has 1 aromatic carbocycles. The summed E-state index contributed by atoms with van der Waals surface area (Å²) in [5.41, 5.74) is -1.32. The average molecular weight is 394 g/mol. The van der Waals surface area contributed by atoms with Gasteiger partial charge in [-0.3, -0.25) is 9.78 Å². The van der Waals surface area contributed by atoms with E-state index < -0.39 is 27.6 Å². The van der Waals surface area contributed by atoms with Gasteiger partial charge in [0.05, 0.1) is 10.6 Å². The van der Waals surface area contributed by atoms with Gasteiger partial charge >= 0.3 is 6.18 Å². The monoisotopic (exact) mass is 393 g/mol. The smallest absolute Gasteiger partial charge is 0.326 e. The zero-order valence-electron chi connectivity index (χ0n) is 12.6. The third-order valence-electron chi connectivity index (χ3n) is 2.92. The number of nitrogens with zero attached hydrogens (tertiary/aromatic N) is 2. The van der Waals surface area contributed by atoms with Crippen LogP contribution >= 0.6 is 11.8 Å². The second kappa shape index (κ2) is 6.89. The molecule has 1 N–H and O–H groups in total. The normalized spacial score (nSPS) is 11.9. The van der Waals surface area contributed by atoms with E-state index in [0.29, 0.717) is 11.8 Å². The Labute approximate surface area is 146 Å². The average Bonchev–Trinajstić information content (AvgIpc) is 2.53. The van der Waals surface area contributed by atoms with Crippen molar-refractivity contribution in [1.82, 2.24) is 4.98 Å². The predicted molar refractivity (Wildman–Crippen MR) is 85.5 cm³/mol. The third-order valence-corrected chi connectivity index (χ3v) is 5.16. The van der Waals surface area contributed by atoms with Crippen LogP contribution in [-0.4, -0.2) is 19.3 Å². The van der Waals surface area contributed by atoms with E-state index in [4.69, 9.17) is 11.8 Å². The maximum atomic E-state index is 12.7. The molecule has 25 heavy (non-hydrogen) atoms. The van der Waals surface area contributed by atoms with Crippen molar-refractivity contribution in [2.45, 2.75) is 18.0 Å². The van der Waals surface area contributed by atoms with Crippen LogP contribution in [0.3, 0.4) is 0 Å². The number of amides is 1. The molecule has 6 nitrogen and oxygen atoms in total. The summed E-state index contributed by atoms with van der Waals surface area (Å²) in [6, 6.07) is 6.55. The van der Waals surface area contributed by atoms with Gasteiger partial charge in [0.1, 0.15) is 5.69 Å². The first-order chi connectivity index (χ1) is 11.5. The molecular formula is C14H11ClF3N3O3S. The minimum atomic E-state index is -4.74. The third kappa shape index (κ3) is 4.40. The Balaban J connectivity index is 2.34. The summed E-state index contributed by atoms with van der Waals surface area (Å²) < 4.78 is 63.1. The standard InChI is InChI=1S/C14H11ClF3N3O3S/c1-9(22)20-10-2-4-12(5-3-10)25(23,24)21(15)11-6-7-19-13(8-11)14(16,17)18/h2-8H,1H3,(H,20,22). The SMILES string of the molecule is CC(=O)Nc1ccc(S(=O)(=O)N(Cl)c2ccnc(C(F)(F)F)c2)cc1. The number of anilines is 2. The maximum Gasteiger partial charge on any atom is 0.433 e. The lowest BCUT2D eigenvalue weighted by Crippen LogP contribution is -2.22. The molecule has 1 heterocycles. The molecule has 134 valence electrons. The molecular weight excluding hydrogens is 383 g/mol. The molecule has 0 bridgehead atoms. The van der Waals surface area contributed by atoms with Crippen LogP contribution < -0.4 is 9.14 Å². The van der Waals surface area contributed by atoms with Crippen molar-refractivity contribution in [3.63, 3.8) is 0 Å². The minimum absolute atomic E-state index is 0.206. The lowest BCUT2D eigenvalue weighted by Gasteiger charge is -2.17. The Morgan fingerprint density at radius 3 is 2.32 bits per heavy atom. The molecule has 0 radical (unpaired) electrons. The van der Waals surface area contributed by atoms with Crippen molar-refractivity contribution < 1.29 is 26.4 Å². The number of carbonyl (C=O) groups is 1. The van der Waals surface area contributed by atoms with Crippen LogP contribution in [-0.2, 0) is 21.0 Å². The summed E-state index contributed by atoms with van der Waals surface area (Å²) in [5, 5.41) is 2.45. The molecule has 0 aliphatic carbocycles. The van der Waals surface area contributed by atoms with Crippen molar-refractivity contribution >= 4 is 39.1 Å². The largest absolute Gasteiger partial charge is 0.433 e. The van der Waals surface area contributed by atoms with E-state index in [9.17, 15) is 26.4 Å². The van der Waals surface area contributed by atoms with E-state index in [-0.39, 0.29) is 14.6 Å². The molecule has 0 atom stereocenters. The van der Waals surface area contributed by atoms with Gasteiger partial charge in [0.15, 0.2) is 0 Å². The molecule has 0 unspecified atom stereocenters. The maximum absolute atomic E-state index is 12.7. The molecule has 2 rings (SSSR count). The highest BCUT2D eigenvalue weighted by atomic mass is 35.5. The van der Waals surface area contributed by atoms with Crippen LogP contribution in [0.15, 0.2) is 47.5 Å². The van der Waals surface area contributed by atoms with E-state index >= 15 is 0 Å². The second-order valence-electron chi connectivity index (χ2n) is 4.82. The summed E-state index contributed by atoms with van der Waals surface area (Å²) in [6.07, 6.45) is -3.93. The predicted octanol–water partition coefficient (Wildman–Crippen LogP) is 3.41. The first-order valence-corrected chi connectivity index (χ1v) is 8.41. The number of hydrogen-bond acceptors (Lipinski definition) is 4. The Bertz CT molecular complexity index is 886. The summed E-state index contributed by atoms with van der Waals surface area (Å²) in [4.78, 5) is 13.8. The van der Waals surface area contributed by atoms with Crippen LogP contribution in [0.5, 0.6) is 0 Å². The molecule has 11 heteroatoms. The number of pyridine rings is 1. The highest BCUT2D eigenvalue weighted by Gasteiger charge is 2.34. The highest BCUT2D eigenvalue weighted by Crippen LogP contribution is 2.32. The zero-order chi connectivity index (χ0) is 18.8. The second-order valence-corrected chi connectivity index (χ2v) is 7.15. The van der Waals surface area contributed by atoms with Crippen molar-refractivity contribution in [3.8, 4) is 0 Å². The summed E-state index contributed by atoms with van der Waals surface area (Å²) in [7, 11) is -4.31. The number of rotatable bonds is 4. The van der Waals surface area contributed by atoms with Gasteiger partial charge in [0.2, 0.25) is 5.91 Å². The Morgan fingerprint density at radius 2 is 1.80 bits per heavy atom. The number of sulfonamides is 1. The number of aromatic nitrogens is 1. The van der Waals surface area contributed by atoms with Gasteiger partial charge < -0.3 is 5.32 Å². The zero-order valence-corrected chi connectivity index (χ0v) is 14.2. The van der Waals surface area contributed by atoms with Gasteiger partial charge in [-0.05, 0) is 36.4 Å². The van der Waals surface area contributed by atoms with Crippen LogP contribution in [0.25, 0.3) is 0 Å². The van der Waals surface area contributed by atoms with E-state index in [2.05, 4.69) is 10.3 Å². The molecule has 1 aromatic heterocycles. The Morgan fingerprint density at radius 1 is 1.20 bits per heavy atom.